The lowest BCUT2D eigenvalue weighted by atomic mass is 9.97. The van der Waals surface area contributed by atoms with Gasteiger partial charge in [-0.25, -0.2) is 4.39 Å². The first kappa shape index (κ1) is 16.8. The molecule has 0 aliphatic carbocycles. The molecule has 0 saturated carbocycles. The van der Waals surface area contributed by atoms with Gasteiger partial charge in [0.1, 0.15) is 5.82 Å². The van der Waals surface area contributed by atoms with Crippen LogP contribution in [0.1, 0.15) is 23.4 Å². The van der Waals surface area contributed by atoms with E-state index < -0.39 is 0 Å². The number of pyridine rings is 1. The Balaban J connectivity index is 1.34. The third-order valence-electron chi connectivity index (χ3n) is 4.85. The second-order valence-electron chi connectivity index (χ2n) is 6.92. The van der Waals surface area contributed by atoms with E-state index in [4.69, 9.17) is 4.42 Å². The SMILES string of the molecule is Cc1cc(CC2CCN(Cc3nnc(-c4cccnc4)o3)C2)ccc1F. The highest BCUT2D eigenvalue weighted by Gasteiger charge is 2.24. The van der Waals surface area contributed by atoms with Crippen molar-refractivity contribution in [2.75, 3.05) is 13.1 Å². The molecule has 0 bridgehead atoms. The monoisotopic (exact) mass is 352 g/mol. The van der Waals surface area contributed by atoms with Crippen LogP contribution in [0.15, 0.2) is 47.1 Å². The van der Waals surface area contributed by atoms with Gasteiger partial charge in [0.05, 0.1) is 12.1 Å². The summed E-state index contributed by atoms with van der Waals surface area (Å²) >= 11 is 0. The highest BCUT2D eigenvalue weighted by molar-refractivity contribution is 5.49. The number of rotatable bonds is 5. The molecule has 134 valence electrons. The third kappa shape index (κ3) is 3.80. The molecule has 1 unspecified atom stereocenters. The van der Waals surface area contributed by atoms with Crippen LogP contribution in [0.25, 0.3) is 11.5 Å². The number of benzene rings is 1. The maximum Gasteiger partial charge on any atom is 0.249 e. The van der Waals surface area contributed by atoms with Crippen LogP contribution in [0, 0.1) is 18.7 Å². The Morgan fingerprint density at radius 3 is 3.00 bits per heavy atom. The largest absolute Gasteiger partial charge is 0.419 e. The van der Waals surface area contributed by atoms with Crippen molar-refractivity contribution in [1.82, 2.24) is 20.1 Å². The molecule has 6 heteroatoms. The molecule has 0 radical (unpaired) electrons. The van der Waals surface area contributed by atoms with Crippen molar-refractivity contribution in [3.63, 3.8) is 0 Å². The predicted molar refractivity (Wildman–Crippen MR) is 95.8 cm³/mol. The Morgan fingerprint density at radius 2 is 2.19 bits per heavy atom. The summed E-state index contributed by atoms with van der Waals surface area (Å²) in [6.45, 7) is 4.47. The van der Waals surface area contributed by atoms with Crippen LogP contribution in [-0.4, -0.2) is 33.2 Å². The average Bonchev–Trinajstić information content (AvgIpc) is 3.29. The van der Waals surface area contributed by atoms with Crippen molar-refractivity contribution < 1.29 is 8.81 Å². The first-order valence-corrected chi connectivity index (χ1v) is 8.87. The normalized spacial score (nSPS) is 17.7. The summed E-state index contributed by atoms with van der Waals surface area (Å²) in [5.74, 6) is 1.57. The minimum Gasteiger partial charge on any atom is -0.419 e. The molecule has 2 aromatic heterocycles. The predicted octanol–water partition coefficient (Wildman–Crippen LogP) is 3.64. The minimum atomic E-state index is -0.136. The lowest BCUT2D eigenvalue weighted by molar-refractivity contribution is 0.281. The Hall–Kier alpha value is -2.60. The van der Waals surface area contributed by atoms with Gasteiger partial charge in [-0.05, 0) is 61.6 Å². The van der Waals surface area contributed by atoms with E-state index >= 15 is 0 Å². The molecule has 1 fully saturated rings. The second-order valence-corrected chi connectivity index (χ2v) is 6.92. The van der Waals surface area contributed by atoms with Crippen molar-refractivity contribution in [2.45, 2.75) is 26.3 Å². The van der Waals surface area contributed by atoms with Crippen LogP contribution < -0.4 is 0 Å². The highest BCUT2D eigenvalue weighted by Crippen LogP contribution is 2.24. The van der Waals surface area contributed by atoms with Crippen molar-refractivity contribution in [3.8, 4) is 11.5 Å². The van der Waals surface area contributed by atoms with Gasteiger partial charge >= 0.3 is 0 Å². The zero-order valence-corrected chi connectivity index (χ0v) is 14.7. The summed E-state index contributed by atoms with van der Waals surface area (Å²) in [6, 6.07) is 9.16. The third-order valence-corrected chi connectivity index (χ3v) is 4.85. The Morgan fingerprint density at radius 1 is 1.27 bits per heavy atom. The molecule has 3 aromatic rings. The van der Waals surface area contributed by atoms with E-state index in [1.807, 2.05) is 31.2 Å². The van der Waals surface area contributed by atoms with Crippen molar-refractivity contribution in [2.24, 2.45) is 5.92 Å². The van der Waals surface area contributed by atoms with Gasteiger partial charge in [-0.2, -0.15) is 0 Å². The number of hydrogen-bond acceptors (Lipinski definition) is 5. The second kappa shape index (κ2) is 7.33. The summed E-state index contributed by atoms with van der Waals surface area (Å²) in [6.07, 6.45) is 5.53. The first-order valence-electron chi connectivity index (χ1n) is 8.87. The fraction of sp³-hybridized carbons (Fsp3) is 0.350. The molecule has 1 aliphatic rings. The van der Waals surface area contributed by atoms with E-state index in [1.165, 1.54) is 5.56 Å². The molecule has 0 N–H and O–H groups in total. The summed E-state index contributed by atoms with van der Waals surface area (Å²) in [4.78, 5) is 6.41. The lowest BCUT2D eigenvalue weighted by Gasteiger charge is -2.14. The Bertz CT molecular complexity index is 881. The zero-order valence-electron chi connectivity index (χ0n) is 14.7. The van der Waals surface area contributed by atoms with Gasteiger partial charge < -0.3 is 4.42 Å². The minimum absolute atomic E-state index is 0.136. The fourth-order valence-corrected chi connectivity index (χ4v) is 3.50. The summed E-state index contributed by atoms with van der Waals surface area (Å²) in [7, 11) is 0. The van der Waals surface area contributed by atoms with E-state index in [9.17, 15) is 4.39 Å². The van der Waals surface area contributed by atoms with Gasteiger partial charge in [-0.15, -0.1) is 10.2 Å². The van der Waals surface area contributed by atoms with Crippen LogP contribution in [0.2, 0.25) is 0 Å². The van der Waals surface area contributed by atoms with Crippen LogP contribution in [-0.2, 0) is 13.0 Å². The maximum atomic E-state index is 13.4. The summed E-state index contributed by atoms with van der Waals surface area (Å²) < 4.78 is 19.2. The van der Waals surface area contributed by atoms with Crippen LogP contribution in [0.4, 0.5) is 4.39 Å². The quantitative estimate of drug-likeness (QED) is 0.702. The molecule has 0 spiro atoms. The van der Waals surface area contributed by atoms with E-state index in [2.05, 4.69) is 20.1 Å². The van der Waals surface area contributed by atoms with Crippen molar-refractivity contribution in [3.05, 3.63) is 65.6 Å². The topological polar surface area (TPSA) is 55.1 Å². The van der Waals surface area contributed by atoms with Gasteiger partial charge in [-0.1, -0.05) is 12.1 Å². The average molecular weight is 352 g/mol. The van der Waals surface area contributed by atoms with Crippen LogP contribution >= 0.6 is 0 Å². The first-order chi connectivity index (χ1) is 12.7. The summed E-state index contributed by atoms with van der Waals surface area (Å²) in [5.41, 5.74) is 2.75. The Kier molecular flexibility index (Phi) is 4.75. The van der Waals surface area contributed by atoms with Gasteiger partial charge in [0, 0.05) is 18.9 Å². The summed E-state index contributed by atoms with van der Waals surface area (Å²) in [5, 5.41) is 8.27. The smallest absolute Gasteiger partial charge is 0.249 e. The van der Waals surface area contributed by atoms with Crippen LogP contribution in [0.5, 0.6) is 0 Å². The molecular weight excluding hydrogens is 331 g/mol. The number of aromatic nitrogens is 3. The Labute approximate surface area is 151 Å². The molecule has 4 rings (SSSR count). The van der Waals surface area contributed by atoms with Gasteiger partial charge in [0.15, 0.2) is 0 Å². The molecule has 1 aliphatic heterocycles. The van der Waals surface area contributed by atoms with E-state index in [0.29, 0.717) is 29.8 Å². The van der Waals surface area contributed by atoms with E-state index in [1.54, 1.807) is 18.5 Å². The molecular formula is C20H21FN4O. The van der Waals surface area contributed by atoms with Gasteiger partial charge in [-0.3, -0.25) is 9.88 Å². The van der Waals surface area contributed by atoms with E-state index in [-0.39, 0.29) is 5.82 Å². The number of hydrogen-bond donors (Lipinski definition) is 0. The van der Waals surface area contributed by atoms with Crippen molar-refractivity contribution in [1.29, 1.82) is 0 Å². The van der Waals surface area contributed by atoms with Gasteiger partial charge in [0.25, 0.3) is 0 Å². The van der Waals surface area contributed by atoms with Gasteiger partial charge in [0.2, 0.25) is 11.8 Å². The molecule has 26 heavy (non-hydrogen) atoms. The zero-order chi connectivity index (χ0) is 17.9. The number of halogens is 1. The maximum absolute atomic E-state index is 13.4. The number of nitrogens with zero attached hydrogens (tertiary/aromatic N) is 4. The molecule has 1 saturated heterocycles. The molecule has 3 heterocycles. The lowest BCUT2D eigenvalue weighted by Crippen LogP contribution is -2.20. The highest BCUT2D eigenvalue weighted by atomic mass is 19.1. The standard InChI is InChI=1S/C20H21FN4O/c1-14-9-15(4-5-18(14)21)10-16-6-8-25(12-16)13-19-23-24-20(26-19)17-3-2-7-22-11-17/h2-5,7,9,11,16H,6,8,10,12-13H2,1H3. The fourth-order valence-electron chi connectivity index (χ4n) is 3.50. The number of aryl methyl sites for hydroxylation is 1. The molecule has 1 atom stereocenters. The molecule has 1 aromatic carbocycles. The molecule has 5 nitrogen and oxygen atoms in total. The molecule has 0 amide bonds. The van der Waals surface area contributed by atoms with Crippen molar-refractivity contribution >= 4 is 0 Å². The van der Waals surface area contributed by atoms with E-state index in [0.717, 1.165) is 31.5 Å². The van der Waals surface area contributed by atoms with Crippen LogP contribution in [0.3, 0.4) is 0 Å². The number of likely N-dealkylation sites (tertiary alicyclic amines) is 1.